The lowest BCUT2D eigenvalue weighted by atomic mass is 10.00. The Morgan fingerprint density at radius 1 is 1.04 bits per heavy atom. The van der Waals surface area contributed by atoms with E-state index >= 15 is 0 Å². The Hall–Kier alpha value is -3.34. The minimum atomic E-state index is -0.267. The van der Waals surface area contributed by atoms with Gasteiger partial charge in [-0.2, -0.15) is 4.98 Å². The number of aromatic nitrogens is 2. The van der Waals surface area contributed by atoms with Crippen LogP contribution in [0.2, 0.25) is 0 Å². The molecule has 248 valence electrons. The van der Waals surface area contributed by atoms with E-state index in [4.69, 9.17) is 15.2 Å². The van der Waals surface area contributed by atoms with Gasteiger partial charge in [0.25, 0.3) is 0 Å². The van der Waals surface area contributed by atoms with E-state index in [2.05, 4.69) is 43.7 Å². The van der Waals surface area contributed by atoms with Gasteiger partial charge in [-0.3, -0.25) is 4.79 Å². The van der Waals surface area contributed by atoms with Crippen molar-refractivity contribution >= 4 is 24.1 Å². The Morgan fingerprint density at radius 2 is 1.71 bits per heavy atom. The van der Waals surface area contributed by atoms with Crippen LogP contribution >= 0.6 is 0 Å². The maximum absolute atomic E-state index is 13.6. The van der Waals surface area contributed by atoms with Crippen molar-refractivity contribution in [3.05, 3.63) is 41.5 Å². The molecule has 11 heteroatoms. The molecule has 45 heavy (non-hydrogen) atoms. The van der Waals surface area contributed by atoms with Gasteiger partial charge in [-0.15, -0.1) is 0 Å². The minimum Gasteiger partial charge on any atom is -0.340 e. The summed E-state index contributed by atoms with van der Waals surface area (Å²) in [5.74, 6) is 1.67. The number of nitrogens with zero attached hydrogens (tertiary/aromatic N) is 7. The number of hydrogen-bond acceptors (Lipinski definition) is 9. The van der Waals surface area contributed by atoms with Gasteiger partial charge < -0.3 is 25.0 Å². The molecular weight excluding hydrogens is 571 g/mol. The first-order chi connectivity index (χ1) is 21.9. The van der Waals surface area contributed by atoms with E-state index in [0.717, 1.165) is 94.9 Å². The third-order valence-electron chi connectivity index (χ3n) is 8.88. The predicted octanol–water partition coefficient (Wildman–Crippen LogP) is 5.57. The fraction of sp³-hybridized carbons (Fsp3) is 0.676. The first kappa shape index (κ1) is 34.5. The van der Waals surface area contributed by atoms with Crippen molar-refractivity contribution in [3.63, 3.8) is 0 Å². The molecule has 2 N–H and O–H groups in total. The number of amides is 1. The lowest BCUT2D eigenvalue weighted by Gasteiger charge is -2.39. The first-order valence-electron chi connectivity index (χ1n) is 17.1. The van der Waals surface area contributed by atoms with Crippen LogP contribution in [-0.4, -0.2) is 88.9 Å². The topological polar surface area (TPSA) is 116 Å². The molecule has 4 aliphatic rings. The zero-order chi connectivity index (χ0) is 32.3. The molecule has 4 heterocycles. The second-order valence-electron chi connectivity index (χ2n) is 12.3. The van der Waals surface area contributed by atoms with Crippen molar-refractivity contribution < 1.29 is 13.7 Å². The molecule has 0 spiro atoms. The molecule has 1 saturated carbocycles. The van der Waals surface area contributed by atoms with Crippen LogP contribution in [0.15, 0.2) is 38.8 Å². The van der Waals surface area contributed by atoms with E-state index in [0.29, 0.717) is 24.5 Å². The summed E-state index contributed by atoms with van der Waals surface area (Å²) in [5.41, 5.74) is 7.11. The highest BCUT2D eigenvalue weighted by Crippen LogP contribution is 2.34. The first-order valence-corrected chi connectivity index (χ1v) is 17.1. The van der Waals surface area contributed by atoms with Gasteiger partial charge in [-0.05, 0) is 64.0 Å². The number of anilines is 1. The van der Waals surface area contributed by atoms with E-state index in [-0.39, 0.29) is 29.7 Å². The Kier molecular flexibility index (Phi) is 12.9. The van der Waals surface area contributed by atoms with Gasteiger partial charge in [-0.1, -0.05) is 57.0 Å². The molecule has 0 bridgehead atoms. The van der Waals surface area contributed by atoms with Crippen LogP contribution in [0.4, 0.5) is 10.4 Å². The van der Waals surface area contributed by atoms with Crippen molar-refractivity contribution in [2.45, 2.75) is 110 Å². The number of rotatable bonds is 8. The van der Waals surface area contributed by atoms with E-state index in [1.807, 2.05) is 27.0 Å². The predicted molar refractivity (Wildman–Crippen MR) is 178 cm³/mol. The van der Waals surface area contributed by atoms with Crippen molar-refractivity contribution in [1.29, 1.82) is 0 Å². The monoisotopic (exact) mass is 624 g/mol. The minimum absolute atomic E-state index is 0.171. The molecule has 3 aliphatic heterocycles. The van der Waals surface area contributed by atoms with Gasteiger partial charge in [0.15, 0.2) is 5.82 Å². The number of hydrogen-bond donors (Lipinski definition) is 1. The molecule has 2 unspecified atom stereocenters. The molecular formula is C34H53FN8O2. The molecule has 3 atom stereocenters. The molecule has 1 aliphatic carbocycles. The summed E-state index contributed by atoms with van der Waals surface area (Å²) in [4.78, 5) is 34.0. The summed E-state index contributed by atoms with van der Waals surface area (Å²) >= 11 is 0. The number of piperidine rings is 1. The highest BCUT2D eigenvalue weighted by molar-refractivity contribution is 6.00. The third kappa shape index (κ3) is 9.34. The molecule has 1 aromatic heterocycles. The molecule has 6 rings (SSSR count). The standard InChI is InChI=1S/C25H40N8O2.C7H7F.C2H6/c1-3-5-17(4-2)22-29-25(35-30-22)31-12-9-21(10-13-31)33(20-6-7-20)23(34)18-14-27-24(28-15-18)32-11-8-19(26)16-32;1-6-2-4-7(8)5-3-6;1-2/h14,17-21H,3-13,15-16,26H2,1-2H3;2-5H,1H3;1-2H3/t17?,18?,19-;;/m1../s1. The lowest BCUT2D eigenvalue weighted by Crippen LogP contribution is -2.51. The van der Waals surface area contributed by atoms with Crippen LogP contribution in [-0.2, 0) is 4.79 Å². The van der Waals surface area contributed by atoms with Crippen LogP contribution in [0.25, 0.3) is 0 Å². The summed E-state index contributed by atoms with van der Waals surface area (Å²) in [5, 5.41) is 4.27. The van der Waals surface area contributed by atoms with Gasteiger partial charge >= 0.3 is 6.01 Å². The molecule has 3 fully saturated rings. The van der Waals surface area contributed by atoms with Crippen molar-refractivity contribution in [2.75, 3.05) is 37.6 Å². The smallest absolute Gasteiger partial charge is 0.324 e. The molecule has 2 aromatic rings. The quantitative estimate of drug-likeness (QED) is 0.408. The van der Waals surface area contributed by atoms with Crippen LogP contribution in [0.1, 0.15) is 96.4 Å². The van der Waals surface area contributed by atoms with Crippen molar-refractivity contribution in [3.8, 4) is 0 Å². The van der Waals surface area contributed by atoms with Gasteiger partial charge in [0.1, 0.15) is 5.82 Å². The summed E-state index contributed by atoms with van der Waals surface area (Å²) < 4.78 is 17.7. The molecule has 1 aromatic carbocycles. The van der Waals surface area contributed by atoms with Crippen LogP contribution in [0, 0.1) is 18.7 Å². The summed E-state index contributed by atoms with van der Waals surface area (Å²) in [6.45, 7) is 14.1. The van der Waals surface area contributed by atoms with Crippen molar-refractivity contribution in [1.82, 2.24) is 19.9 Å². The Bertz CT molecular complexity index is 1230. The van der Waals surface area contributed by atoms with Crippen LogP contribution in [0.3, 0.4) is 0 Å². The number of carbonyl (C=O) groups is 1. The second-order valence-corrected chi connectivity index (χ2v) is 12.3. The largest absolute Gasteiger partial charge is 0.340 e. The molecule has 0 radical (unpaired) electrons. The number of aryl methyl sites for hydroxylation is 1. The number of carbonyl (C=O) groups excluding carboxylic acids is 1. The average molecular weight is 625 g/mol. The zero-order valence-electron chi connectivity index (χ0n) is 27.9. The maximum Gasteiger partial charge on any atom is 0.324 e. The number of halogens is 1. The highest BCUT2D eigenvalue weighted by atomic mass is 19.1. The van der Waals surface area contributed by atoms with Crippen LogP contribution in [0.5, 0.6) is 0 Å². The SMILES string of the molecule is CC.CCCC(CC)c1noc(N2CCC(N(C(=O)C3C=NC(N4CC[C@@H](N)C4)=NC3)C3CC3)CC2)n1.Cc1ccc(F)cc1. The van der Waals surface area contributed by atoms with Gasteiger partial charge in [0.2, 0.25) is 11.9 Å². The van der Waals surface area contributed by atoms with E-state index in [1.54, 1.807) is 12.1 Å². The second kappa shape index (κ2) is 16.8. The van der Waals surface area contributed by atoms with Crippen LogP contribution < -0.4 is 10.6 Å². The number of likely N-dealkylation sites (tertiary alicyclic amines) is 1. The maximum atomic E-state index is 13.6. The number of guanidine groups is 1. The van der Waals surface area contributed by atoms with Crippen molar-refractivity contribution in [2.24, 2.45) is 21.6 Å². The Morgan fingerprint density at radius 3 is 2.24 bits per heavy atom. The summed E-state index contributed by atoms with van der Waals surface area (Å²) in [7, 11) is 0. The number of aliphatic imine (C=N–C) groups is 2. The molecule has 1 amide bonds. The fourth-order valence-electron chi connectivity index (χ4n) is 6.17. The molecule has 2 saturated heterocycles. The zero-order valence-corrected chi connectivity index (χ0v) is 27.9. The highest BCUT2D eigenvalue weighted by Gasteiger charge is 2.41. The Labute approximate surface area is 268 Å². The number of benzene rings is 1. The van der Waals surface area contributed by atoms with Gasteiger partial charge in [-0.25, -0.2) is 14.4 Å². The number of nitrogens with two attached hydrogens (primary N) is 1. The third-order valence-corrected chi connectivity index (χ3v) is 8.88. The van der Waals surface area contributed by atoms with Gasteiger partial charge in [0, 0.05) is 56.4 Å². The van der Waals surface area contributed by atoms with E-state index in [9.17, 15) is 9.18 Å². The lowest BCUT2D eigenvalue weighted by molar-refractivity contribution is -0.136. The average Bonchev–Trinajstić information content (AvgIpc) is 3.60. The summed E-state index contributed by atoms with van der Waals surface area (Å²) in [6.07, 6.45) is 10.0. The van der Waals surface area contributed by atoms with Gasteiger partial charge in [0.05, 0.1) is 12.5 Å². The molecule has 10 nitrogen and oxygen atoms in total. The summed E-state index contributed by atoms with van der Waals surface area (Å²) in [6, 6.07) is 7.82. The Balaban J connectivity index is 0.000000397. The fourth-order valence-corrected chi connectivity index (χ4v) is 6.17. The normalized spacial score (nSPS) is 22.2. The van der Waals surface area contributed by atoms with E-state index < -0.39 is 0 Å². The van der Waals surface area contributed by atoms with E-state index in [1.165, 1.54) is 12.1 Å².